The van der Waals surface area contributed by atoms with Gasteiger partial charge >= 0.3 is 5.97 Å². The van der Waals surface area contributed by atoms with E-state index < -0.39 is 5.97 Å². The Labute approximate surface area is 122 Å². The van der Waals surface area contributed by atoms with Gasteiger partial charge in [0, 0.05) is 13.1 Å². The van der Waals surface area contributed by atoms with Gasteiger partial charge in [0.25, 0.3) is 0 Å². The summed E-state index contributed by atoms with van der Waals surface area (Å²) >= 11 is 0. The van der Waals surface area contributed by atoms with Crippen LogP contribution in [0.2, 0.25) is 0 Å². The van der Waals surface area contributed by atoms with Gasteiger partial charge in [-0.05, 0) is 29.9 Å². The summed E-state index contributed by atoms with van der Waals surface area (Å²) in [5, 5.41) is 12.5. The van der Waals surface area contributed by atoms with Gasteiger partial charge in [-0.3, -0.25) is 4.79 Å². The maximum Gasteiger partial charge on any atom is 0.307 e. The molecule has 0 spiro atoms. The smallest absolute Gasteiger partial charge is 0.307 e. The number of carbonyl (C=O) groups is 1. The molecule has 0 radical (unpaired) electrons. The molecule has 0 aliphatic rings. The fraction of sp³-hybridized carbons (Fsp3) is 0.588. The first-order valence-electron chi connectivity index (χ1n) is 7.54. The molecule has 3 heteroatoms. The summed E-state index contributed by atoms with van der Waals surface area (Å²) in [7, 11) is 0. The maximum atomic E-state index is 11.2. The number of carboxylic acid groups (broad SMARTS) is 1. The fourth-order valence-electron chi connectivity index (χ4n) is 2.42. The molecule has 1 atom stereocenters. The molecule has 2 N–H and O–H groups in total. The molecule has 3 nitrogen and oxygen atoms in total. The zero-order valence-electron chi connectivity index (χ0n) is 12.9. The second-order valence-corrected chi connectivity index (χ2v) is 5.87. The van der Waals surface area contributed by atoms with Crippen LogP contribution in [0.15, 0.2) is 24.3 Å². The van der Waals surface area contributed by atoms with E-state index in [0.29, 0.717) is 12.5 Å². The van der Waals surface area contributed by atoms with Gasteiger partial charge in [0.05, 0.1) is 5.92 Å². The van der Waals surface area contributed by atoms with Gasteiger partial charge in [-0.25, -0.2) is 0 Å². The van der Waals surface area contributed by atoms with Crippen molar-refractivity contribution in [1.29, 1.82) is 0 Å². The monoisotopic (exact) mass is 277 g/mol. The number of hydrogen-bond donors (Lipinski definition) is 2. The molecule has 1 unspecified atom stereocenters. The van der Waals surface area contributed by atoms with E-state index in [-0.39, 0.29) is 5.92 Å². The summed E-state index contributed by atoms with van der Waals surface area (Å²) in [6, 6.07) is 8.51. The van der Waals surface area contributed by atoms with Crippen LogP contribution >= 0.6 is 0 Å². The summed E-state index contributed by atoms with van der Waals surface area (Å²) in [5.41, 5.74) is 2.58. The number of benzene rings is 1. The first kappa shape index (κ1) is 16.7. The Bertz CT molecular complexity index is 415. The SMILES string of the molecule is CCCc1cccc(CNCC(CC(C)C)C(=O)O)c1. The van der Waals surface area contributed by atoms with E-state index in [0.717, 1.165) is 25.8 Å². The predicted octanol–water partition coefficient (Wildman–Crippen LogP) is 3.48. The van der Waals surface area contributed by atoms with Gasteiger partial charge in [0.1, 0.15) is 0 Å². The molecule has 0 saturated carbocycles. The molecule has 0 heterocycles. The van der Waals surface area contributed by atoms with Crippen molar-refractivity contribution < 1.29 is 9.90 Å². The topological polar surface area (TPSA) is 49.3 Å². The highest BCUT2D eigenvalue weighted by Gasteiger charge is 2.18. The van der Waals surface area contributed by atoms with Crippen LogP contribution in [0.1, 0.15) is 44.7 Å². The second kappa shape index (κ2) is 8.75. The number of hydrogen-bond acceptors (Lipinski definition) is 2. The molecule has 20 heavy (non-hydrogen) atoms. The molecular formula is C17H27NO2. The average Bonchev–Trinajstić information content (AvgIpc) is 2.38. The van der Waals surface area contributed by atoms with Crippen molar-refractivity contribution >= 4 is 5.97 Å². The number of aryl methyl sites for hydroxylation is 1. The molecule has 0 fully saturated rings. The van der Waals surface area contributed by atoms with Crippen LogP contribution in [0.4, 0.5) is 0 Å². The van der Waals surface area contributed by atoms with Gasteiger partial charge < -0.3 is 10.4 Å². The minimum absolute atomic E-state index is 0.297. The standard InChI is InChI=1S/C17H27NO2/c1-4-6-14-7-5-8-15(10-14)11-18-12-16(17(19)20)9-13(2)3/h5,7-8,10,13,16,18H,4,6,9,11-12H2,1-3H3,(H,19,20). The minimum Gasteiger partial charge on any atom is -0.481 e. The van der Waals surface area contributed by atoms with E-state index >= 15 is 0 Å². The van der Waals surface area contributed by atoms with Gasteiger partial charge in [-0.1, -0.05) is 51.5 Å². The van der Waals surface area contributed by atoms with Crippen LogP contribution in [0.5, 0.6) is 0 Å². The van der Waals surface area contributed by atoms with Crippen molar-refractivity contribution in [3.8, 4) is 0 Å². The third kappa shape index (κ3) is 6.20. The molecule has 0 aromatic heterocycles. The van der Waals surface area contributed by atoms with E-state index in [9.17, 15) is 9.90 Å². The van der Waals surface area contributed by atoms with Crippen molar-refractivity contribution in [2.45, 2.75) is 46.6 Å². The van der Waals surface area contributed by atoms with Crippen LogP contribution in [0.25, 0.3) is 0 Å². The van der Waals surface area contributed by atoms with E-state index in [2.05, 4.69) is 50.4 Å². The highest BCUT2D eigenvalue weighted by molar-refractivity contribution is 5.70. The Morgan fingerprint density at radius 2 is 2.00 bits per heavy atom. The largest absolute Gasteiger partial charge is 0.481 e. The molecule has 0 amide bonds. The third-order valence-electron chi connectivity index (χ3n) is 3.36. The zero-order chi connectivity index (χ0) is 15.0. The summed E-state index contributed by atoms with van der Waals surface area (Å²) in [5.74, 6) is -0.592. The maximum absolute atomic E-state index is 11.2. The lowest BCUT2D eigenvalue weighted by molar-refractivity contribution is -0.142. The molecule has 112 valence electrons. The first-order valence-corrected chi connectivity index (χ1v) is 7.54. The molecule has 0 bridgehead atoms. The van der Waals surface area contributed by atoms with E-state index in [1.165, 1.54) is 11.1 Å². The Hall–Kier alpha value is -1.35. The summed E-state index contributed by atoms with van der Waals surface area (Å²) in [6.45, 7) is 7.56. The molecule has 0 aliphatic heterocycles. The normalized spacial score (nSPS) is 12.6. The number of nitrogens with one attached hydrogen (secondary N) is 1. The van der Waals surface area contributed by atoms with E-state index in [1.54, 1.807) is 0 Å². The quantitative estimate of drug-likeness (QED) is 0.726. The van der Waals surface area contributed by atoms with Crippen LogP contribution < -0.4 is 5.32 Å². The summed E-state index contributed by atoms with van der Waals surface area (Å²) < 4.78 is 0. The van der Waals surface area contributed by atoms with Crippen molar-refractivity contribution in [2.24, 2.45) is 11.8 Å². The molecular weight excluding hydrogens is 250 g/mol. The Kier molecular flexibility index (Phi) is 7.31. The molecule has 1 aromatic rings. The average molecular weight is 277 g/mol. The Morgan fingerprint density at radius 3 is 2.60 bits per heavy atom. The molecule has 1 aromatic carbocycles. The fourth-order valence-corrected chi connectivity index (χ4v) is 2.42. The number of rotatable bonds is 9. The molecule has 1 rings (SSSR count). The Morgan fingerprint density at radius 1 is 1.30 bits per heavy atom. The van der Waals surface area contributed by atoms with Gasteiger partial charge in [-0.2, -0.15) is 0 Å². The van der Waals surface area contributed by atoms with Crippen molar-refractivity contribution in [1.82, 2.24) is 5.32 Å². The van der Waals surface area contributed by atoms with Crippen LogP contribution in [0.3, 0.4) is 0 Å². The Balaban J connectivity index is 2.45. The second-order valence-electron chi connectivity index (χ2n) is 5.87. The van der Waals surface area contributed by atoms with Crippen molar-refractivity contribution in [3.05, 3.63) is 35.4 Å². The molecule has 0 aliphatic carbocycles. The first-order chi connectivity index (χ1) is 9.52. The summed E-state index contributed by atoms with van der Waals surface area (Å²) in [6.07, 6.45) is 2.96. The predicted molar refractivity (Wildman–Crippen MR) is 82.7 cm³/mol. The molecule has 0 saturated heterocycles. The van der Waals surface area contributed by atoms with Crippen molar-refractivity contribution in [2.75, 3.05) is 6.54 Å². The van der Waals surface area contributed by atoms with Gasteiger partial charge in [0.15, 0.2) is 0 Å². The highest BCUT2D eigenvalue weighted by atomic mass is 16.4. The number of carboxylic acids is 1. The highest BCUT2D eigenvalue weighted by Crippen LogP contribution is 2.12. The van der Waals surface area contributed by atoms with Crippen LogP contribution in [0, 0.1) is 11.8 Å². The lowest BCUT2D eigenvalue weighted by Gasteiger charge is -2.15. The number of aliphatic carboxylic acids is 1. The van der Waals surface area contributed by atoms with Gasteiger partial charge in [0.2, 0.25) is 0 Å². The minimum atomic E-state index is -0.703. The zero-order valence-corrected chi connectivity index (χ0v) is 12.9. The lowest BCUT2D eigenvalue weighted by atomic mass is 9.97. The van der Waals surface area contributed by atoms with E-state index in [1.807, 2.05) is 0 Å². The third-order valence-corrected chi connectivity index (χ3v) is 3.36. The summed E-state index contributed by atoms with van der Waals surface area (Å²) in [4.78, 5) is 11.2. The van der Waals surface area contributed by atoms with E-state index in [4.69, 9.17) is 0 Å². The lowest BCUT2D eigenvalue weighted by Crippen LogP contribution is -2.29. The van der Waals surface area contributed by atoms with Crippen LogP contribution in [-0.2, 0) is 17.8 Å². The van der Waals surface area contributed by atoms with Crippen LogP contribution in [-0.4, -0.2) is 17.6 Å². The van der Waals surface area contributed by atoms with Crippen molar-refractivity contribution in [3.63, 3.8) is 0 Å². The van der Waals surface area contributed by atoms with Gasteiger partial charge in [-0.15, -0.1) is 0 Å².